The third-order valence-electron chi connectivity index (χ3n) is 5.61. The summed E-state index contributed by atoms with van der Waals surface area (Å²) in [4.78, 5) is 38.4. The zero-order valence-corrected chi connectivity index (χ0v) is 23.7. The summed E-state index contributed by atoms with van der Waals surface area (Å²) < 4.78 is 27.1. The lowest BCUT2D eigenvalue weighted by molar-refractivity contribution is 0.0700. The summed E-state index contributed by atoms with van der Waals surface area (Å²) in [6.45, 7) is 0. The van der Waals surface area contributed by atoms with Crippen LogP contribution in [-0.4, -0.2) is 45.3 Å². The quantitative estimate of drug-likeness (QED) is 0.105. The Labute approximate surface area is 243 Å². The van der Waals surface area contributed by atoms with E-state index in [-0.39, 0.29) is 28.3 Å². The predicted molar refractivity (Wildman–Crippen MR) is 153 cm³/mol. The van der Waals surface area contributed by atoms with Crippen LogP contribution in [0.1, 0.15) is 36.8 Å². The number of furan rings is 1. The lowest BCUT2D eigenvalue weighted by Gasteiger charge is -2.15. The molecule has 2 amide bonds. The minimum Gasteiger partial charge on any atom is -0.493 e. The molecule has 1 aromatic heterocycles. The van der Waals surface area contributed by atoms with E-state index in [1.165, 1.54) is 58.1 Å². The summed E-state index contributed by atoms with van der Waals surface area (Å²) in [6, 6.07) is 17.4. The van der Waals surface area contributed by atoms with Gasteiger partial charge in [0.2, 0.25) is 11.5 Å². The van der Waals surface area contributed by atoms with Gasteiger partial charge in [0, 0.05) is 15.6 Å². The van der Waals surface area contributed by atoms with Crippen LogP contribution in [0.3, 0.4) is 0 Å². The summed E-state index contributed by atoms with van der Waals surface area (Å²) in [5.41, 5.74) is 3.46. The molecule has 3 aromatic carbocycles. The molecule has 1 heterocycles. The lowest BCUT2D eigenvalue weighted by Crippen LogP contribution is -2.21. The highest BCUT2D eigenvalue weighted by Crippen LogP contribution is 2.38. The first kappa shape index (κ1) is 28.9. The smallest absolute Gasteiger partial charge is 0.379 e. The van der Waals surface area contributed by atoms with Crippen LogP contribution in [0.4, 0.5) is 5.69 Å². The second-order valence-electron chi connectivity index (χ2n) is 8.16. The molecule has 0 aliphatic rings. The molecule has 0 spiro atoms. The molecule has 2 N–H and O–H groups in total. The molecule has 0 aliphatic carbocycles. The molecular formula is C29H24BrN3O8. The van der Waals surface area contributed by atoms with Crippen LogP contribution < -0.4 is 29.7 Å². The van der Waals surface area contributed by atoms with Crippen molar-refractivity contribution >= 4 is 45.6 Å². The Bertz CT molecular complexity index is 1580. The number of esters is 1. The molecule has 0 aliphatic heterocycles. The van der Waals surface area contributed by atoms with Crippen molar-refractivity contribution < 1.29 is 37.7 Å². The number of hydrazone groups is 1. The number of carbonyl (C=O) groups excluding carboxylic acids is 3. The van der Waals surface area contributed by atoms with Gasteiger partial charge in [-0.2, -0.15) is 5.10 Å². The summed E-state index contributed by atoms with van der Waals surface area (Å²) >= 11 is 3.37. The molecule has 11 nitrogen and oxygen atoms in total. The van der Waals surface area contributed by atoms with Gasteiger partial charge in [0.25, 0.3) is 11.8 Å². The van der Waals surface area contributed by atoms with Crippen molar-refractivity contribution in [3.8, 4) is 23.0 Å². The molecule has 0 fully saturated rings. The number of nitrogens with zero attached hydrogens (tertiary/aromatic N) is 1. The van der Waals surface area contributed by atoms with Crippen LogP contribution in [0.25, 0.3) is 0 Å². The molecule has 41 heavy (non-hydrogen) atoms. The molecule has 0 saturated carbocycles. The largest absolute Gasteiger partial charge is 0.493 e. The van der Waals surface area contributed by atoms with Gasteiger partial charge < -0.3 is 28.7 Å². The van der Waals surface area contributed by atoms with Gasteiger partial charge in [-0.25, -0.2) is 10.2 Å². The first-order valence-electron chi connectivity index (χ1n) is 11.9. The molecule has 0 bridgehead atoms. The fraction of sp³-hybridized carbons (Fsp3) is 0.103. The summed E-state index contributed by atoms with van der Waals surface area (Å²) in [5.74, 6) is -0.601. The average molecular weight is 622 g/mol. The molecular weight excluding hydrogens is 598 g/mol. The van der Waals surface area contributed by atoms with Crippen molar-refractivity contribution in [1.29, 1.82) is 0 Å². The van der Waals surface area contributed by atoms with E-state index in [9.17, 15) is 14.4 Å². The molecule has 4 aromatic rings. The van der Waals surface area contributed by atoms with Gasteiger partial charge in [-0.15, -0.1) is 0 Å². The Hall–Kier alpha value is -5.10. The first-order chi connectivity index (χ1) is 19.8. The third-order valence-corrected chi connectivity index (χ3v) is 6.11. The Morgan fingerprint density at radius 2 is 1.59 bits per heavy atom. The number of carbonyl (C=O) groups is 3. The fourth-order valence-electron chi connectivity index (χ4n) is 3.68. The monoisotopic (exact) mass is 621 g/mol. The van der Waals surface area contributed by atoms with Crippen molar-refractivity contribution in [2.75, 3.05) is 26.6 Å². The van der Waals surface area contributed by atoms with Crippen LogP contribution in [0.2, 0.25) is 0 Å². The van der Waals surface area contributed by atoms with Crippen LogP contribution in [0.15, 0.2) is 87.0 Å². The van der Waals surface area contributed by atoms with E-state index in [2.05, 4.69) is 31.8 Å². The summed E-state index contributed by atoms with van der Waals surface area (Å²) in [5, 5.41) is 6.74. The number of para-hydroxylation sites is 1. The van der Waals surface area contributed by atoms with Crippen molar-refractivity contribution in [3.63, 3.8) is 0 Å². The highest BCUT2D eigenvalue weighted by Gasteiger charge is 2.19. The third kappa shape index (κ3) is 6.92. The number of anilines is 1. The van der Waals surface area contributed by atoms with Crippen LogP contribution in [-0.2, 0) is 0 Å². The summed E-state index contributed by atoms with van der Waals surface area (Å²) in [7, 11) is 4.35. The Kier molecular flexibility index (Phi) is 9.38. The fourth-order valence-corrected chi connectivity index (χ4v) is 4.05. The second kappa shape index (κ2) is 13.3. The van der Waals surface area contributed by atoms with E-state index in [1.807, 2.05) is 0 Å². The number of rotatable bonds is 10. The van der Waals surface area contributed by atoms with Crippen LogP contribution in [0.5, 0.6) is 23.0 Å². The van der Waals surface area contributed by atoms with E-state index < -0.39 is 17.8 Å². The van der Waals surface area contributed by atoms with Gasteiger partial charge in [0.1, 0.15) is 5.75 Å². The topological polar surface area (TPSA) is 138 Å². The van der Waals surface area contributed by atoms with Gasteiger partial charge in [-0.1, -0.05) is 28.1 Å². The zero-order valence-electron chi connectivity index (χ0n) is 22.1. The van der Waals surface area contributed by atoms with Crippen molar-refractivity contribution in [2.24, 2.45) is 5.10 Å². The number of hydrogen-bond acceptors (Lipinski definition) is 9. The highest BCUT2D eigenvalue weighted by molar-refractivity contribution is 9.10. The lowest BCUT2D eigenvalue weighted by atomic mass is 10.1. The van der Waals surface area contributed by atoms with Gasteiger partial charge in [-0.3, -0.25) is 9.59 Å². The molecule has 0 saturated heterocycles. The summed E-state index contributed by atoms with van der Waals surface area (Å²) in [6.07, 6.45) is 2.69. The number of halogens is 1. The maximum absolute atomic E-state index is 13.1. The van der Waals surface area contributed by atoms with E-state index in [0.717, 1.165) is 0 Å². The maximum atomic E-state index is 13.1. The Morgan fingerprint density at radius 3 is 2.24 bits per heavy atom. The number of ether oxygens (including phenoxy) is 4. The highest BCUT2D eigenvalue weighted by atomic mass is 79.9. The van der Waals surface area contributed by atoms with Gasteiger partial charge in [-0.05, 0) is 54.6 Å². The molecule has 0 unspecified atom stereocenters. The molecule has 210 valence electrons. The number of benzene rings is 3. The molecule has 12 heteroatoms. The molecule has 0 radical (unpaired) electrons. The minimum absolute atomic E-state index is 0.0364. The predicted octanol–water partition coefficient (Wildman–Crippen LogP) is 5.30. The second-order valence-corrected chi connectivity index (χ2v) is 9.08. The molecule has 4 rings (SSSR count). The van der Waals surface area contributed by atoms with E-state index in [4.69, 9.17) is 23.4 Å². The molecule has 0 atom stereocenters. The van der Waals surface area contributed by atoms with Gasteiger partial charge >= 0.3 is 5.97 Å². The van der Waals surface area contributed by atoms with Gasteiger partial charge in [0.05, 0.1) is 45.1 Å². The normalized spacial score (nSPS) is 10.6. The standard InChI is InChI=1S/C29H24BrN3O8/c1-37-24-14-17(15-25(38-2)26(24)39-3)27(34)32-21-8-5-4-7-20(21)28(35)33-31-16-18-13-19(30)10-11-22(18)41-29(36)23-9-6-12-40-23/h4-16H,1-3H3,(H,32,34)(H,33,35)/b31-16-. The Balaban J connectivity index is 1.50. The van der Waals surface area contributed by atoms with Crippen LogP contribution >= 0.6 is 15.9 Å². The van der Waals surface area contributed by atoms with E-state index >= 15 is 0 Å². The number of methoxy groups -OCH3 is 3. The average Bonchev–Trinajstić information content (AvgIpc) is 3.53. The van der Waals surface area contributed by atoms with Crippen LogP contribution in [0, 0.1) is 0 Å². The van der Waals surface area contributed by atoms with Crippen molar-refractivity contribution in [3.05, 3.63) is 99.9 Å². The van der Waals surface area contributed by atoms with E-state index in [0.29, 0.717) is 27.3 Å². The first-order valence-corrected chi connectivity index (χ1v) is 12.7. The minimum atomic E-state index is -0.687. The zero-order chi connectivity index (χ0) is 29.4. The SMILES string of the molecule is COc1cc(C(=O)Nc2ccccc2C(=O)N/N=C\c2cc(Br)ccc2OC(=O)c2ccco2)cc(OC)c1OC. The van der Waals surface area contributed by atoms with Gasteiger partial charge in [0.15, 0.2) is 11.5 Å². The van der Waals surface area contributed by atoms with E-state index in [1.54, 1.807) is 42.5 Å². The van der Waals surface area contributed by atoms with Crippen molar-refractivity contribution in [2.45, 2.75) is 0 Å². The maximum Gasteiger partial charge on any atom is 0.379 e. The Morgan fingerprint density at radius 1 is 0.854 bits per heavy atom. The number of amides is 2. The number of hydrogen-bond donors (Lipinski definition) is 2. The number of nitrogens with one attached hydrogen (secondary N) is 2. The van der Waals surface area contributed by atoms with Crippen molar-refractivity contribution in [1.82, 2.24) is 5.43 Å².